The van der Waals surface area contributed by atoms with Crippen molar-refractivity contribution in [3.8, 4) is 11.3 Å². The van der Waals surface area contributed by atoms with Crippen molar-refractivity contribution in [3.63, 3.8) is 0 Å². The van der Waals surface area contributed by atoms with Gasteiger partial charge in [0.05, 0.1) is 16.7 Å². The number of hydrogen-bond acceptors (Lipinski definition) is 6. The summed E-state index contributed by atoms with van der Waals surface area (Å²) in [6, 6.07) is 13.4. The lowest BCUT2D eigenvalue weighted by atomic mass is 9.91. The predicted octanol–water partition coefficient (Wildman–Crippen LogP) is 5.22. The molecule has 0 saturated heterocycles. The van der Waals surface area contributed by atoms with Gasteiger partial charge >= 0.3 is 6.18 Å². The number of halogens is 3. The van der Waals surface area contributed by atoms with Crippen molar-refractivity contribution in [2.24, 2.45) is 0 Å². The number of fused-ring (bicyclic) bond motifs is 2. The predicted molar refractivity (Wildman–Crippen MR) is 119 cm³/mol. The first kappa shape index (κ1) is 20.7. The van der Waals surface area contributed by atoms with Crippen LogP contribution in [0.15, 0.2) is 67.1 Å². The van der Waals surface area contributed by atoms with Crippen LogP contribution in [0.3, 0.4) is 0 Å². The molecule has 1 aromatic carbocycles. The number of alkyl halides is 3. The summed E-state index contributed by atoms with van der Waals surface area (Å²) in [5.74, 6) is -2.73. The molecule has 4 aromatic heterocycles. The number of benzene rings is 1. The summed E-state index contributed by atoms with van der Waals surface area (Å²) in [5.41, 5.74) is 8.48. The van der Waals surface area contributed by atoms with Gasteiger partial charge in [-0.15, -0.1) is 0 Å². The van der Waals surface area contributed by atoms with Gasteiger partial charge in [-0.25, -0.2) is 15.0 Å². The minimum atomic E-state index is -4.71. The summed E-state index contributed by atoms with van der Waals surface area (Å²) in [5, 5.41) is 0.585. The van der Waals surface area contributed by atoms with E-state index >= 15 is 0 Å². The maximum Gasteiger partial charge on any atom is 0.402 e. The molecule has 9 heteroatoms. The van der Waals surface area contributed by atoms with Crippen molar-refractivity contribution in [3.05, 3.63) is 84.1 Å². The van der Waals surface area contributed by atoms with Gasteiger partial charge in [-0.3, -0.25) is 9.97 Å². The van der Waals surface area contributed by atoms with Crippen molar-refractivity contribution in [1.82, 2.24) is 24.9 Å². The van der Waals surface area contributed by atoms with Crippen LogP contribution in [-0.4, -0.2) is 31.1 Å². The number of para-hydroxylation sites is 1. The van der Waals surface area contributed by atoms with Crippen LogP contribution < -0.4 is 5.73 Å². The summed E-state index contributed by atoms with van der Waals surface area (Å²) >= 11 is 0. The maximum absolute atomic E-state index is 14.6. The fourth-order valence-electron chi connectivity index (χ4n) is 3.92. The molecule has 0 unspecified atom stereocenters. The summed E-state index contributed by atoms with van der Waals surface area (Å²) in [4.78, 5) is 21.0. The quantitative estimate of drug-likeness (QED) is 0.409. The molecule has 1 atom stereocenters. The molecule has 5 aromatic rings. The molecule has 0 saturated carbocycles. The molecule has 4 heterocycles. The number of nitrogens with two attached hydrogens (primary N) is 1. The normalized spacial score (nSPS) is 12.8. The molecule has 0 aliphatic rings. The molecule has 0 aliphatic heterocycles. The van der Waals surface area contributed by atoms with Gasteiger partial charge < -0.3 is 5.73 Å². The van der Waals surface area contributed by atoms with E-state index in [4.69, 9.17) is 5.73 Å². The van der Waals surface area contributed by atoms with E-state index in [1.54, 1.807) is 42.6 Å². The molecule has 6 nitrogen and oxygen atoms in total. The fraction of sp³-hybridized carbons (Fsp3) is 0.125. The monoisotopic (exact) mass is 446 g/mol. The third-order valence-corrected chi connectivity index (χ3v) is 5.41. The Kier molecular flexibility index (Phi) is 4.88. The lowest BCUT2D eigenvalue weighted by Gasteiger charge is -2.23. The van der Waals surface area contributed by atoms with Crippen LogP contribution in [-0.2, 0) is 0 Å². The Bertz CT molecular complexity index is 1490. The Hall–Kier alpha value is -4.14. The third-order valence-electron chi connectivity index (χ3n) is 5.41. The molecule has 2 N–H and O–H groups in total. The third kappa shape index (κ3) is 3.71. The molecule has 0 amide bonds. The van der Waals surface area contributed by atoms with Crippen molar-refractivity contribution >= 4 is 27.8 Å². The highest BCUT2D eigenvalue weighted by molar-refractivity contribution is 5.87. The highest BCUT2D eigenvalue weighted by Gasteiger charge is 2.46. The average molecular weight is 446 g/mol. The van der Waals surface area contributed by atoms with E-state index < -0.39 is 17.9 Å². The molecule has 0 bridgehead atoms. The Morgan fingerprint density at radius 2 is 1.73 bits per heavy atom. The zero-order valence-corrected chi connectivity index (χ0v) is 17.4. The van der Waals surface area contributed by atoms with Gasteiger partial charge in [0.2, 0.25) is 0 Å². The van der Waals surface area contributed by atoms with E-state index in [1.807, 2.05) is 13.0 Å². The molecule has 33 heavy (non-hydrogen) atoms. The number of nitrogen functional groups attached to an aromatic ring is 1. The minimum Gasteiger partial charge on any atom is -0.382 e. The minimum absolute atomic E-state index is 0.0729. The van der Waals surface area contributed by atoms with E-state index in [1.165, 1.54) is 18.5 Å². The van der Waals surface area contributed by atoms with Gasteiger partial charge in [0.25, 0.3) is 0 Å². The first-order valence-electron chi connectivity index (χ1n) is 10.1. The van der Waals surface area contributed by atoms with E-state index in [0.717, 1.165) is 5.56 Å². The van der Waals surface area contributed by atoms with Gasteiger partial charge in [0.15, 0.2) is 5.82 Å². The largest absolute Gasteiger partial charge is 0.402 e. The molecule has 0 spiro atoms. The zero-order chi connectivity index (χ0) is 23.2. The van der Waals surface area contributed by atoms with Gasteiger partial charge in [-0.05, 0) is 48.4 Å². The lowest BCUT2D eigenvalue weighted by molar-refractivity contribution is -0.142. The standard InChI is InChI=1S/C24H17F3N6/c1-13-5-2-6-14-11-16(20(32-19(13)14)15-7-3-9-29-12-15)18(24(25,26)27)23-31-17-8-4-10-30-21(17)22(28)33-23/h2-12,18H,1H3,(H2,28,31,33)/t18-/m1/s1. The van der Waals surface area contributed by atoms with Gasteiger partial charge in [-0.2, -0.15) is 13.2 Å². The van der Waals surface area contributed by atoms with Crippen LogP contribution in [0, 0.1) is 6.92 Å². The second kappa shape index (κ2) is 7.77. The Balaban J connectivity index is 1.84. The topological polar surface area (TPSA) is 90.5 Å². The molecule has 0 fully saturated rings. The molecule has 0 radical (unpaired) electrons. The first-order chi connectivity index (χ1) is 15.8. The maximum atomic E-state index is 14.6. The number of nitrogens with zero attached hydrogens (tertiary/aromatic N) is 5. The molecule has 0 aliphatic carbocycles. The van der Waals surface area contributed by atoms with Gasteiger partial charge in [0.1, 0.15) is 17.3 Å². The molecule has 5 rings (SSSR count). The second-order valence-corrected chi connectivity index (χ2v) is 7.63. The number of aromatic nitrogens is 5. The average Bonchev–Trinajstić information content (AvgIpc) is 2.79. The second-order valence-electron chi connectivity index (χ2n) is 7.63. The van der Waals surface area contributed by atoms with Crippen LogP contribution in [0.5, 0.6) is 0 Å². The summed E-state index contributed by atoms with van der Waals surface area (Å²) < 4.78 is 43.9. The van der Waals surface area contributed by atoms with E-state index in [0.29, 0.717) is 16.5 Å². The number of rotatable bonds is 3. The highest BCUT2D eigenvalue weighted by Crippen LogP contribution is 2.43. The number of hydrogen-bond donors (Lipinski definition) is 1. The fourth-order valence-corrected chi connectivity index (χ4v) is 3.92. The van der Waals surface area contributed by atoms with Crippen LogP contribution >= 0.6 is 0 Å². The van der Waals surface area contributed by atoms with E-state index in [9.17, 15) is 13.2 Å². The molecule has 164 valence electrons. The smallest absolute Gasteiger partial charge is 0.382 e. The summed E-state index contributed by atoms with van der Waals surface area (Å²) in [7, 11) is 0. The van der Waals surface area contributed by atoms with Gasteiger partial charge in [0, 0.05) is 29.5 Å². The van der Waals surface area contributed by atoms with Gasteiger partial charge in [-0.1, -0.05) is 18.2 Å². The van der Waals surface area contributed by atoms with Crippen molar-refractivity contribution < 1.29 is 13.2 Å². The number of anilines is 1. The number of aryl methyl sites for hydroxylation is 1. The Labute approximate surface area is 186 Å². The molecular formula is C24H17F3N6. The van der Waals surface area contributed by atoms with E-state index in [2.05, 4.69) is 24.9 Å². The van der Waals surface area contributed by atoms with Crippen molar-refractivity contribution in [1.29, 1.82) is 0 Å². The highest BCUT2D eigenvalue weighted by atomic mass is 19.4. The SMILES string of the molecule is Cc1cccc2cc([C@H](c3nc(N)c4ncccc4n3)C(F)(F)F)c(-c3cccnc3)nc12. The van der Waals surface area contributed by atoms with Crippen molar-refractivity contribution in [2.45, 2.75) is 19.0 Å². The summed E-state index contributed by atoms with van der Waals surface area (Å²) in [6.45, 7) is 1.86. The first-order valence-corrected chi connectivity index (χ1v) is 10.1. The zero-order valence-electron chi connectivity index (χ0n) is 17.4. The van der Waals surface area contributed by atoms with Crippen LogP contribution in [0.2, 0.25) is 0 Å². The van der Waals surface area contributed by atoms with E-state index in [-0.39, 0.29) is 28.1 Å². The van der Waals surface area contributed by atoms with Crippen LogP contribution in [0.4, 0.5) is 19.0 Å². The summed E-state index contributed by atoms with van der Waals surface area (Å²) in [6.07, 6.45) is -0.183. The van der Waals surface area contributed by atoms with Crippen molar-refractivity contribution in [2.75, 3.05) is 5.73 Å². The Morgan fingerprint density at radius 3 is 2.48 bits per heavy atom. The van der Waals surface area contributed by atoms with Crippen LogP contribution in [0.25, 0.3) is 33.2 Å². The number of pyridine rings is 3. The Morgan fingerprint density at radius 1 is 0.909 bits per heavy atom. The lowest BCUT2D eigenvalue weighted by Crippen LogP contribution is -2.25. The molecular weight excluding hydrogens is 429 g/mol. The van der Waals surface area contributed by atoms with Crippen LogP contribution in [0.1, 0.15) is 22.9 Å².